The van der Waals surface area contributed by atoms with Crippen molar-refractivity contribution in [2.45, 2.75) is 19.4 Å². The highest BCUT2D eigenvalue weighted by Crippen LogP contribution is 2.34. The second-order valence-electron chi connectivity index (χ2n) is 8.00. The molecule has 34 heavy (non-hydrogen) atoms. The third-order valence-corrected chi connectivity index (χ3v) is 6.82. The van der Waals surface area contributed by atoms with E-state index in [1.807, 2.05) is 48.5 Å². The van der Waals surface area contributed by atoms with E-state index in [0.717, 1.165) is 25.4 Å². The van der Waals surface area contributed by atoms with Crippen molar-refractivity contribution in [3.05, 3.63) is 75.7 Å². The lowest BCUT2D eigenvalue weighted by atomic mass is 10.1. The smallest absolute Gasteiger partial charge is 0.325 e. The molecule has 0 aliphatic heterocycles. The summed E-state index contributed by atoms with van der Waals surface area (Å²) in [4.78, 5) is 46.3. The quantitative estimate of drug-likeness (QED) is 0.407. The zero-order valence-electron chi connectivity index (χ0n) is 18.7. The van der Waals surface area contributed by atoms with Crippen LogP contribution >= 0.6 is 11.3 Å². The van der Waals surface area contributed by atoms with Crippen LogP contribution in [0, 0.1) is 0 Å². The van der Waals surface area contributed by atoms with E-state index < -0.39 is 11.2 Å². The van der Waals surface area contributed by atoms with Gasteiger partial charge >= 0.3 is 5.69 Å². The number of aromatic nitrogens is 5. The number of thiazole rings is 1. The van der Waals surface area contributed by atoms with Gasteiger partial charge in [-0.15, -0.1) is 11.3 Å². The molecule has 172 valence electrons. The van der Waals surface area contributed by atoms with Crippen molar-refractivity contribution < 1.29 is 4.79 Å². The third kappa shape index (κ3) is 3.81. The molecule has 3 aromatic heterocycles. The highest BCUT2D eigenvalue weighted by Gasteiger charge is 2.15. The molecule has 0 atom stereocenters. The molecule has 0 radical (unpaired) electrons. The van der Waals surface area contributed by atoms with Gasteiger partial charge in [0.2, 0.25) is 5.91 Å². The van der Waals surface area contributed by atoms with Crippen LogP contribution in [0.3, 0.4) is 0 Å². The number of fused-ring (bicyclic) bond motifs is 2. The van der Waals surface area contributed by atoms with Crippen LogP contribution in [0.5, 0.6) is 0 Å². The number of amides is 1. The van der Waals surface area contributed by atoms with Crippen molar-refractivity contribution in [3.8, 4) is 10.6 Å². The molecule has 5 aromatic rings. The molecule has 1 amide bonds. The van der Waals surface area contributed by atoms with Crippen molar-refractivity contribution in [1.82, 2.24) is 23.7 Å². The largest absolute Gasteiger partial charge is 0.332 e. The summed E-state index contributed by atoms with van der Waals surface area (Å²) in [5.41, 5.74) is 2.39. The molecular weight excluding hydrogens is 452 g/mol. The topological polar surface area (TPSA) is 104 Å². The first-order valence-electron chi connectivity index (χ1n) is 10.8. The van der Waals surface area contributed by atoms with Crippen LogP contribution in [-0.4, -0.2) is 29.6 Å². The Morgan fingerprint density at radius 3 is 2.62 bits per heavy atom. The summed E-state index contributed by atoms with van der Waals surface area (Å²) in [7, 11) is 3.02. The SMILES string of the molecule is Cn1c(=O)c2c(ncn2CCCC(=O)Nc2ccccc2-c2nc3ccccc3s2)n(C)c1=O. The number of carbonyl (C=O) groups is 1. The molecule has 0 unspecified atom stereocenters. The number of imidazole rings is 1. The highest BCUT2D eigenvalue weighted by molar-refractivity contribution is 7.21. The molecular formula is C24H22N6O3S. The average molecular weight is 475 g/mol. The van der Waals surface area contributed by atoms with Crippen LogP contribution in [0.15, 0.2) is 64.4 Å². The number of nitrogens with one attached hydrogen (secondary N) is 1. The van der Waals surface area contributed by atoms with Gasteiger partial charge in [-0.2, -0.15) is 0 Å². The average Bonchev–Trinajstić information content (AvgIpc) is 3.46. The number of hydrogen-bond donors (Lipinski definition) is 1. The Labute approximate surface area is 197 Å². The molecule has 0 aliphatic rings. The third-order valence-electron chi connectivity index (χ3n) is 5.75. The summed E-state index contributed by atoms with van der Waals surface area (Å²) in [6.07, 6.45) is 2.30. The maximum absolute atomic E-state index is 12.7. The zero-order chi connectivity index (χ0) is 23.8. The normalized spacial score (nSPS) is 11.4. The first-order valence-corrected chi connectivity index (χ1v) is 11.6. The summed E-state index contributed by atoms with van der Waals surface area (Å²) in [5, 5.41) is 3.85. The summed E-state index contributed by atoms with van der Waals surface area (Å²) in [6, 6.07) is 15.6. The lowest BCUT2D eigenvalue weighted by molar-refractivity contribution is -0.116. The van der Waals surface area contributed by atoms with Gasteiger partial charge < -0.3 is 9.88 Å². The van der Waals surface area contributed by atoms with Crippen LogP contribution in [0.1, 0.15) is 12.8 Å². The lowest BCUT2D eigenvalue weighted by Crippen LogP contribution is -2.37. The van der Waals surface area contributed by atoms with Gasteiger partial charge in [0.15, 0.2) is 11.2 Å². The first kappa shape index (κ1) is 21.8. The Balaban J connectivity index is 1.30. The summed E-state index contributed by atoms with van der Waals surface area (Å²) in [6.45, 7) is 0.427. The fourth-order valence-corrected chi connectivity index (χ4v) is 4.96. The maximum atomic E-state index is 12.7. The Morgan fingerprint density at radius 1 is 1.03 bits per heavy atom. The van der Waals surface area contributed by atoms with Crippen molar-refractivity contribution in [2.24, 2.45) is 14.1 Å². The Bertz CT molecular complexity index is 1630. The predicted molar refractivity (Wildman–Crippen MR) is 133 cm³/mol. The van der Waals surface area contributed by atoms with Crippen LogP contribution in [0.25, 0.3) is 32.0 Å². The van der Waals surface area contributed by atoms with Crippen LogP contribution in [0.4, 0.5) is 5.69 Å². The van der Waals surface area contributed by atoms with Gasteiger partial charge in [-0.25, -0.2) is 14.8 Å². The second-order valence-corrected chi connectivity index (χ2v) is 9.03. The molecule has 0 fully saturated rings. The Kier molecular flexibility index (Phi) is 5.58. The van der Waals surface area contributed by atoms with Gasteiger partial charge in [-0.1, -0.05) is 24.3 Å². The number of nitrogens with zero attached hydrogens (tertiary/aromatic N) is 5. The van der Waals surface area contributed by atoms with Gasteiger partial charge in [-0.3, -0.25) is 18.7 Å². The molecule has 0 saturated heterocycles. The van der Waals surface area contributed by atoms with Crippen LogP contribution in [0.2, 0.25) is 0 Å². The van der Waals surface area contributed by atoms with Crippen molar-refractivity contribution in [3.63, 3.8) is 0 Å². The molecule has 9 nitrogen and oxygen atoms in total. The summed E-state index contributed by atoms with van der Waals surface area (Å²) >= 11 is 1.58. The Morgan fingerprint density at radius 2 is 1.79 bits per heavy atom. The molecule has 0 saturated carbocycles. The van der Waals surface area contributed by atoms with Crippen molar-refractivity contribution in [2.75, 3.05) is 5.32 Å². The number of anilines is 1. The Hall–Kier alpha value is -4.05. The van der Waals surface area contributed by atoms with Gasteiger partial charge in [0.1, 0.15) is 5.01 Å². The molecule has 3 heterocycles. The van der Waals surface area contributed by atoms with E-state index in [-0.39, 0.29) is 12.3 Å². The van der Waals surface area contributed by atoms with E-state index in [1.165, 1.54) is 17.9 Å². The molecule has 0 bridgehead atoms. The van der Waals surface area contributed by atoms with Crippen molar-refractivity contribution in [1.29, 1.82) is 0 Å². The number of rotatable bonds is 6. The molecule has 10 heteroatoms. The first-order chi connectivity index (χ1) is 16.4. The number of benzene rings is 2. The van der Waals surface area contributed by atoms with Crippen LogP contribution < -0.4 is 16.6 Å². The highest BCUT2D eigenvalue weighted by atomic mass is 32.1. The zero-order valence-corrected chi connectivity index (χ0v) is 19.5. The fraction of sp³-hybridized carbons (Fsp3) is 0.208. The van der Waals surface area contributed by atoms with Crippen LogP contribution in [-0.2, 0) is 25.4 Å². The molecule has 5 rings (SSSR count). The standard InChI is InChI=1S/C24H22N6O3S/c1-28-21-20(23(32)29(2)24(28)33)30(14-25-21)13-7-12-19(31)26-16-9-4-3-8-15(16)22-27-17-10-5-6-11-18(17)34-22/h3-6,8-11,14H,7,12-13H2,1-2H3,(H,26,31). The number of carbonyl (C=O) groups excluding carboxylic acids is 1. The summed E-state index contributed by atoms with van der Waals surface area (Å²) < 4.78 is 5.19. The van der Waals surface area contributed by atoms with Gasteiger partial charge in [0.05, 0.1) is 22.2 Å². The molecule has 2 aromatic carbocycles. The van der Waals surface area contributed by atoms with Crippen molar-refractivity contribution >= 4 is 44.3 Å². The van der Waals surface area contributed by atoms with E-state index >= 15 is 0 Å². The van der Waals surface area contributed by atoms with E-state index in [0.29, 0.717) is 29.8 Å². The van der Waals surface area contributed by atoms with Gasteiger partial charge in [0.25, 0.3) is 5.56 Å². The minimum Gasteiger partial charge on any atom is -0.325 e. The second kappa shape index (κ2) is 8.71. The number of para-hydroxylation sites is 2. The molecule has 0 aliphatic carbocycles. The molecule has 0 spiro atoms. The molecule has 1 N–H and O–H groups in total. The number of aryl methyl sites for hydroxylation is 2. The summed E-state index contributed by atoms with van der Waals surface area (Å²) in [5.74, 6) is -0.127. The maximum Gasteiger partial charge on any atom is 0.332 e. The minimum atomic E-state index is -0.422. The lowest BCUT2D eigenvalue weighted by Gasteiger charge is -2.10. The van der Waals surface area contributed by atoms with Gasteiger partial charge in [0, 0.05) is 32.6 Å². The van der Waals surface area contributed by atoms with E-state index in [4.69, 9.17) is 4.98 Å². The van der Waals surface area contributed by atoms with E-state index in [1.54, 1.807) is 23.0 Å². The fourth-order valence-electron chi connectivity index (χ4n) is 3.96. The van der Waals surface area contributed by atoms with Gasteiger partial charge in [-0.05, 0) is 30.7 Å². The number of hydrogen-bond acceptors (Lipinski definition) is 6. The monoisotopic (exact) mass is 474 g/mol. The van der Waals surface area contributed by atoms with E-state index in [9.17, 15) is 14.4 Å². The minimum absolute atomic E-state index is 0.127. The van der Waals surface area contributed by atoms with E-state index in [2.05, 4.69) is 10.3 Å². The predicted octanol–water partition coefficient (Wildman–Crippen LogP) is 3.13.